The molecule has 0 amide bonds. The number of tetrazole rings is 1. The third kappa shape index (κ3) is 3.54. The average Bonchev–Trinajstić information content (AvgIpc) is 3.38. The van der Waals surface area contributed by atoms with Crippen LogP contribution in [0.5, 0.6) is 0 Å². The molecule has 1 aromatic rings. The van der Waals surface area contributed by atoms with Gasteiger partial charge in [-0.1, -0.05) is 6.92 Å². The summed E-state index contributed by atoms with van der Waals surface area (Å²) < 4.78 is 5.60. The minimum Gasteiger partial charge on any atom is -0.390 e. The van der Waals surface area contributed by atoms with E-state index in [1.165, 1.54) is 36.8 Å². The van der Waals surface area contributed by atoms with Crippen LogP contribution in [0.4, 0.5) is 0 Å². The Bertz CT molecular complexity index is 827. The molecule has 7 heteroatoms. The Labute approximate surface area is 191 Å². The molecule has 8 atom stereocenters. The van der Waals surface area contributed by atoms with Crippen LogP contribution in [0, 0.1) is 40.4 Å². The molecule has 4 fully saturated rings. The third-order valence-corrected chi connectivity index (χ3v) is 10.5. The van der Waals surface area contributed by atoms with E-state index in [0.717, 1.165) is 45.1 Å². The Hall–Kier alpha value is -1.34. The number of Topliss-reactive ketones (excluding diaryl/α,β-unsaturated/α-hetero) is 1. The SMILES string of the molecule is COCC[C@]12CC[C@@](C)(O)C[C@H]1CC[C@H]1[C@@H]3CC[C@H](C(=O)Cn4ncnn4)[C@@]3(C)CC[C@@H]12. The number of nitrogens with zero attached hydrogens (tertiary/aromatic N) is 4. The van der Waals surface area contributed by atoms with Crippen LogP contribution < -0.4 is 0 Å². The average molecular weight is 445 g/mol. The van der Waals surface area contributed by atoms with Crippen molar-refractivity contribution >= 4 is 5.78 Å². The van der Waals surface area contributed by atoms with E-state index in [4.69, 9.17) is 4.74 Å². The van der Waals surface area contributed by atoms with Crippen LogP contribution in [-0.2, 0) is 16.1 Å². The van der Waals surface area contributed by atoms with Gasteiger partial charge in [0.25, 0.3) is 0 Å². The Balaban J connectivity index is 1.38. The van der Waals surface area contributed by atoms with Crippen molar-refractivity contribution in [2.75, 3.05) is 13.7 Å². The summed E-state index contributed by atoms with van der Waals surface area (Å²) in [5.41, 5.74) is -0.124. The minimum atomic E-state index is -0.516. The van der Waals surface area contributed by atoms with Crippen molar-refractivity contribution in [2.24, 2.45) is 40.4 Å². The van der Waals surface area contributed by atoms with Crippen LogP contribution in [0.25, 0.3) is 0 Å². The molecule has 5 rings (SSSR count). The standard InChI is InChI=1S/C25H40N4O3/c1-23(31)10-11-25(12-13-32-3)17(14-23)4-5-18-19-6-7-21(24(19,2)9-8-20(18)25)22(30)15-29-27-16-26-28-29/h16-21,31H,4-15H2,1-3H3/t17-,18+,19+,20+,21-,23-,24+,25-/m1/s1. The number of ether oxygens (including phenoxy) is 1. The highest BCUT2D eigenvalue weighted by atomic mass is 16.5. The van der Waals surface area contributed by atoms with Crippen molar-refractivity contribution < 1.29 is 14.6 Å². The number of carbonyl (C=O) groups excluding carboxylic acids is 1. The molecule has 7 nitrogen and oxygen atoms in total. The summed E-state index contributed by atoms with van der Waals surface area (Å²) in [5.74, 6) is 3.02. The summed E-state index contributed by atoms with van der Waals surface area (Å²) in [4.78, 5) is 14.7. The van der Waals surface area contributed by atoms with Crippen LogP contribution in [0.3, 0.4) is 0 Å². The van der Waals surface area contributed by atoms with Crippen LogP contribution >= 0.6 is 0 Å². The number of methoxy groups -OCH3 is 1. The minimum absolute atomic E-state index is 0.0915. The van der Waals surface area contributed by atoms with E-state index in [1.54, 1.807) is 0 Å². The van der Waals surface area contributed by atoms with Gasteiger partial charge >= 0.3 is 0 Å². The predicted molar refractivity (Wildman–Crippen MR) is 119 cm³/mol. The summed E-state index contributed by atoms with van der Waals surface area (Å²) >= 11 is 0. The van der Waals surface area contributed by atoms with Gasteiger partial charge in [0.1, 0.15) is 6.54 Å². The molecule has 4 saturated carbocycles. The zero-order chi connectivity index (χ0) is 22.6. The molecule has 0 saturated heterocycles. The van der Waals surface area contributed by atoms with Crippen LogP contribution in [0.15, 0.2) is 6.33 Å². The molecule has 0 radical (unpaired) electrons. The van der Waals surface area contributed by atoms with Crippen molar-refractivity contribution in [3.8, 4) is 0 Å². The lowest BCUT2D eigenvalue weighted by Crippen LogP contribution is -2.57. The maximum atomic E-state index is 13.3. The lowest BCUT2D eigenvalue weighted by Gasteiger charge is -2.63. The maximum Gasteiger partial charge on any atom is 0.162 e. The normalized spacial score (nSPS) is 45.7. The summed E-state index contributed by atoms with van der Waals surface area (Å²) in [6, 6.07) is 0. The van der Waals surface area contributed by atoms with Gasteiger partial charge < -0.3 is 9.84 Å². The second-order valence-corrected chi connectivity index (χ2v) is 11.9. The number of carbonyl (C=O) groups is 1. The molecular weight excluding hydrogens is 404 g/mol. The summed E-state index contributed by atoms with van der Waals surface area (Å²) in [7, 11) is 1.82. The van der Waals surface area contributed by atoms with Crippen LogP contribution in [0.1, 0.15) is 78.1 Å². The Morgan fingerprint density at radius 1 is 1.12 bits per heavy atom. The first-order chi connectivity index (χ1) is 15.3. The zero-order valence-electron chi connectivity index (χ0n) is 20.0. The molecule has 32 heavy (non-hydrogen) atoms. The van der Waals surface area contributed by atoms with Crippen molar-refractivity contribution in [3.63, 3.8) is 0 Å². The highest BCUT2D eigenvalue weighted by Gasteiger charge is 2.62. The van der Waals surface area contributed by atoms with Gasteiger partial charge in [0, 0.05) is 19.6 Å². The van der Waals surface area contributed by atoms with Gasteiger partial charge in [0.05, 0.1) is 5.60 Å². The van der Waals surface area contributed by atoms with E-state index in [9.17, 15) is 9.90 Å². The third-order valence-electron chi connectivity index (χ3n) is 10.5. The van der Waals surface area contributed by atoms with Gasteiger partial charge in [-0.15, -0.1) is 10.2 Å². The second kappa shape index (κ2) is 8.15. The summed E-state index contributed by atoms with van der Waals surface area (Å²) in [5, 5.41) is 22.6. The van der Waals surface area contributed by atoms with Crippen LogP contribution in [-0.4, -0.2) is 50.4 Å². The number of hydrogen-bond acceptors (Lipinski definition) is 6. The fourth-order valence-corrected chi connectivity index (χ4v) is 9.06. The van der Waals surface area contributed by atoms with Crippen molar-refractivity contribution in [1.29, 1.82) is 0 Å². The van der Waals surface area contributed by atoms with Crippen molar-refractivity contribution in [3.05, 3.63) is 6.33 Å². The first-order valence-corrected chi connectivity index (χ1v) is 12.7. The Morgan fingerprint density at radius 2 is 1.97 bits per heavy atom. The second-order valence-electron chi connectivity index (χ2n) is 11.9. The highest BCUT2D eigenvalue weighted by Crippen LogP contribution is 2.69. The largest absolute Gasteiger partial charge is 0.390 e. The topological polar surface area (TPSA) is 90.1 Å². The first-order valence-electron chi connectivity index (χ1n) is 12.7. The molecular formula is C25H40N4O3. The monoisotopic (exact) mass is 444 g/mol. The number of hydrogen-bond donors (Lipinski definition) is 1. The van der Waals surface area contributed by atoms with Gasteiger partial charge in [-0.05, 0) is 111 Å². The van der Waals surface area contributed by atoms with Gasteiger partial charge in [0.15, 0.2) is 12.1 Å². The zero-order valence-corrected chi connectivity index (χ0v) is 20.0. The Morgan fingerprint density at radius 3 is 2.72 bits per heavy atom. The molecule has 4 aliphatic carbocycles. The van der Waals surface area contributed by atoms with Gasteiger partial charge in [-0.25, -0.2) is 0 Å². The lowest BCUT2D eigenvalue weighted by atomic mass is 9.42. The van der Waals surface area contributed by atoms with Crippen LogP contribution in [0.2, 0.25) is 0 Å². The number of fused-ring (bicyclic) bond motifs is 5. The maximum absolute atomic E-state index is 13.3. The molecule has 0 spiro atoms. The summed E-state index contributed by atoms with van der Waals surface area (Å²) in [6.07, 6.45) is 12.5. The molecule has 0 aliphatic heterocycles. The molecule has 1 heterocycles. The fraction of sp³-hybridized carbons (Fsp3) is 0.920. The molecule has 1 aromatic heterocycles. The highest BCUT2D eigenvalue weighted by molar-refractivity contribution is 5.81. The van der Waals surface area contributed by atoms with Gasteiger partial charge in [-0.3, -0.25) is 4.79 Å². The lowest BCUT2D eigenvalue weighted by molar-refractivity contribution is -0.163. The fourth-order valence-electron chi connectivity index (χ4n) is 9.06. The van der Waals surface area contributed by atoms with Gasteiger partial charge in [0.2, 0.25) is 0 Å². The van der Waals surface area contributed by atoms with E-state index in [2.05, 4.69) is 22.3 Å². The molecule has 0 unspecified atom stereocenters. The number of aliphatic hydroxyl groups is 1. The molecule has 4 aliphatic rings. The Kier molecular flexibility index (Phi) is 5.72. The van der Waals surface area contributed by atoms with E-state index < -0.39 is 5.60 Å². The van der Waals surface area contributed by atoms with Crippen molar-refractivity contribution in [1.82, 2.24) is 20.2 Å². The van der Waals surface area contributed by atoms with E-state index in [0.29, 0.717) is 29.1 Å². The smallest absolute Gasteiger partial charge is 0.162 e. The number of aromatic nitrogens is 4. The van der Waals surface area contributed by atoms with Gasteiger partial charge in [-0.2, -0.15) is 4.80 Å². The summed E-state index contributed by atoms with van der Waals surface area (Å²) in [6.45, 7) is 5.50. The first kappa shape index (κ1) is 22.5. The number of rotatable bonds is 6. The molecule has 0 bridgehead atoms. The quantitative estimate of drug-likeness (QED) is 0.720. The van der Waals surface area contributed by atoms with E-state index in [-0.39, 0.29) is 23.7 Å². The van der Waals surface area contributed by atoms with E-state index in [1.807, 2.05) is 14.0 Å². The molecule has 178 valence electrons. The molecule has 1 N–H and O–H groups in total. The predicted octanol–water partition coefficient (Wildman–Crippen LogP) is 3.67. The molecule has 0 aromatic carbocycles. The van der Waals surface area contributed by atoms with Crippen molar-refractivity contribution in [2.45, 2.75) is 90.2 Å². The number of ketones is 1. The van der Waals surface area contributed by atoms with E-state index >= 15 is 0 Å².